The Morgan fingerprint density at radius 2 is 1.89 bits per heavy atom. The number of methoxy groups -OCH3 is 1. The lowest BCUT2D eigenvalue weighted by molar-refractivity contribution is 0.415. The Hall–Kier alpha value is -3.48. The summed E-state index contributed by atoms with van der Waals surface area (Å²) in [5.41, 5.74) is 1.88. The third kappa shape index (κ3) is 3.72. The molecule has 7 nitrogen and oxygen atoms in total. The van der Waals surface area contributed by atoms with Gasteiger partial charge in [0.2, 0.25) is 0 Å². The van der Waals surface area contributed by atoms with E-state index in [1.165, 1.54) is 0 Å². The second-order valence-electron chi connectivity index (χ2n) is 6.15. The third-order valence-electron chi connectivity index (χ3n) is 4.23. The second-order valence-corrected chi connectivity index (χ2v) is 6.15. The van der Waals surface area contributed by atoms with E-state index in [4.69, 9.17) is 4.74 Å². The number of anilines is 1. The fourth-order valence-electron chi connectivity index (χ4n) is 2.91. The van der Waals surface area contributed by atoms with Crippen LogP contribution >= 0.6 is 0 Å². The minimum Gasteiger partial charge on any atom is -0.497 e. The molecule has 0 radical (unpaired) electrons. The highest BCUT2D eigenvalue weighted by Gasteiger charge is 2.09. The van der Waals surface area contributed by atoms with Gasteiger partial charge in [0.05, 0.1) is 12.6 Å². The maximum Gasteiger partial charge on any atom is 0.181 e. The van der Waals surface area contributed by atoms with Gasteiger partial charge in [0.25, 0.3) is 0 Å². The van der Waals surface area contributed by atoms with Crippen LogP contribution in [0.4, 0.5) is 5.82 Å². The van der Waals surface area contributed by atoms with Crippen LogP contribution in [0.5, 0.6) is 5.75 Å². The minimum atomic E-state index is 0.673. The summed E-state index contributed by atoms with van der Waals surface area (Å²) in [6, 6.07) is 15.7. The van der Waals surface area contributed by atoms with Gasteiger partial charge in [0.1, 0.15) is 23.2 Å². The maximum atomic E-state index is 5.32. The lowest BCUT2D eigenvalue weighted by atomic mass is 10.2. The fourth-order valence-corrected chi connectivity index (χ4v) is 2.91. The van der Waals surface area contributed by atoms with Gasteiger partial charge in [-0.25, -0.2) is 15.0 Å². The maximum absolute atomic E-state index is 5.32. The van der Waals surface area contributed by atoms with Crippen molar-refractivity contribution in [2.75, 3.05) is 19.0 Å². The first kappa shape index (κ1) is 17.0. The molecule has 136 valence electrons. The Labute approximate surface area is 156 Å². The Morgan fingerprint density at radius 1 is 1.04 bits per heavy atom. The lowest BCUT2D eigenvalue weighted by Crippen LogP contribution is -2.09. The van der Waals surface area contributed by atoms with Crippen LogP contribution in [0.2, 0.25) is 0 Å². The number of fused-ring (bicyclic) bond motifs is 1. The molecular weight excluding hydrogens is 340 g/mol. The van der Waals surface area contributed by atoms with Gasteiger partial charge in [0, 0.05) is 23.9 Å². The van der Waals surface area contributed by atoms with E-state index < -0.39 is 0 Å². The summed E-state index contributed by atoms with van der Waals surface area (Å²) < 4.78 is 5.32. The predicted octanol–water partition coefficient (Wildman–Crippen LogP) is 3.39. The molecule has 7 heteroatoms. The molecule has 2 heterocycles. The zero-order chi connectivity index (χ0) is 18.6. The quantitative estimate of drug-likeness (QED) is 0.548. The minimum absolute atomic E-state index is 0.673. The largest absolute Gasteiger partial charge is 0.497 e. The number of aromatic amines is 1. The molecule has 0 atom stereocenters. The number of aromatic nitrogens is 5. The summed E-state index contributed by atoms with van der Waals surface area (Å²) in [4.78, 5) is 13.6. The first-order chi connectivity index (χ1) is 13.2. The molecule has 4 aromatic rings. The van der Waals surface area contributed by atoms with Gasteiger partial charge < -0.3 is 10.1 Å². The normalized spacial score (nSPS) is 10.9. The van der Waals surface area contributed by atoms with Gasteiger partial charge in [0.15, 0.2) is 5.82 Å². The molecule has 0 bridgehead atoms. The van der Waals surface area contributed by atoms with Gasteiger partial charge in [-0.1, -0.05) is 30.3 Å². The van der Waals surface area contributed by atoms with Crippen molar-refractivity contribution in [1.29, 1.82) is 0 Å². The van der Waals surface area contributed by atoms with Crippen LogP contribution in [0.3, 0.4) is 0 Å². The van der Waals surface area contributed by atoms with Gasteiger partial charge in [-0.3, -0.25) is 5.10 Å². The zero-order valence-corrected chi connectivity index (χ0v) is 15.2. The van der Waals surface area contributed by atoms with E-state index in [1.54, 1.807) is 7.11 Å². The van der Waals surface area contributed by atoms with Crippen molar-refractivity contribution in [3.8, 4) is 17.1 Å². The van der Waals surface area contributed by atoms with Crippen molar-refractivity contribution < 1.29 is 4.74 Å². The first-order valence-corrected chi connectivity index (χ1v) is 8.76. The summed E-state index contributed by atoms with van der Waals surface area (Å²) >= 11 is 0. The van der Waals surface area contributed by atoms with Crippen LogP contribution in [0.25, 0.3) is 22.3 Å². The molecule has 0 unspecified atom stereocenters. The smallest absolute Gasteiger partial charge is 0.181 e. The molecule has 0 aliphatic rings. The summed E-state index contributed by atoms with van der Waals surface area (Å²) in [6.45, 7) is 2.56. The molecule has 0 saturated heterocycles. The number of nitrogens with one attached hydrogen (secondary N) is 2. The van der Waals surface area contributed by atoms with Crippen molar-refractivity contribution in [3.05, 3.63) is 60.2 Å². The highest BCUT2D eigenvalue weighted by atomic mass is 16.5. The predicted molar refractivity (Wildman–Crippen MR) is 105 cm³/mol. The highest BCUT2D eigenvalue weighted by molar-refractivity contribution is 5.90. The Balaban J connectivity index is 1.48. The van der Waals surface area contributed by atoms with E-state index in [2.05, 4.69) is 30.5 Å². The fraction of sp³-hybridized carbons (Fsp3) is 0.200. The van der Waals surface area contributed by atoms with Crippen LogP contribution in [-0.2, 0) is 6.42 Å². The van der Waals surface area contributed by atoms with E-state index in [-0.39, 0.29) is 0 Å². The molecule has 2 aromatic carbocycles. The van der Waals surface area contributed by atoms with Crippen molar-refractivity contribution in [2.45, 2.75) is 13.3 Å². The Morgan fingerprint density at radius 3 is 2.70 bits per heavy atom. The number of ether oxygens (including phenoxy) is 1. The molecule has 0 aliphatic carbocycles. The van der Waals surface area contributed by atoms with Crippen LogP contribution in [0.15, 0.2) is 48.5 Å². The Kier molecular flexibility index (Phi) is 4.65. The van der Waals surface area contributed by atoms with E-state index in [0.717, 1.165) is 39.7 Å². The first-order valence-electron chi connectivity index (χ1n) is 8.76. The monoisotopic (exact) mass is 360 g/mol. The van der Waals surface area contributed by atoms with Crippen LogP contribution in [-0.4, -0.2) is 38.8 Å². The number of rotatable bonds is 6. The highest BCUT2D eigenvalue weighted by Crippen LogP contribution is 2.25. The van der Waals surface area contributed by atoms with E-state index in [1.807, 2.05) is 55.5 Å². The number of hydrogen-bond acceptors (Lipinski definition) is 6. The van der Waals surface area contributed by atoms with Crippen LogP contribution in [0.1, 0.15) is 11.6 Å². The summed E-state index contributed by atoms with van der Waals surface area (Å²) in [6.07, 6.45) is 0.703. The van der Waals surface area contributed by atoms with Crippen LogP contribution in [0, 0.1) is 6.92 Å². The van der Waals surface area contributed by atoms with Gasteiger partial charge in [-0.15, -0.1) is 0 Å². The topological polar surface area (TPSA) is 88.6 Å². The van der Waals surface area contributed by atoms with Crippen molar-refractivity contribution in [1.82, 2.24) is 25.1 Å². The summed E-state index contributed by atoms with van der Waals surface area (Å²) in [7, 11) is 1.65. The van der Waals surface area contributed by atoms with Crippen molar-refractivity contribution >= 4 is 16.7 Å². The number of aryl methyl sites for hydroxylation is 1. The number of H-pyrrole nitrogens is 1. The van der Waals surface area contributed by atoms with Gasteiger partial charge in [-0.05, 0) is 25.1 Å². The van der Waals surface area contributed by atoms with E-state index >= 15 is 0 Å². The second kappa shape index (κ2) is 7.41. The molecule has 2 N–H and O–H groups in total. The van der Waals surface area contributed by atoms with E-state index in [9.17, 15) is 0 Å². The molecule has 4 rings (SSSR count). The number of hydrogen-bond donors (Lipinski definition) is 2. The molecule has 2 aromatic heterocycles. The van der Waals surface area contributed by atoms with Gasteiger partial charge in [-0.2, -0.15) is 5.10 Å². The zero-order valence-electron chi connectivity index (χ0n) is 15.2. The molecular formula is C20H20N6O. The SMILES string of the molecule is COc1ccc2nc(C)nc(NCCc3nc(-c4ccccc4)n[nH]3)c2c1. The molecule has 0 spiro atoms. The molecule has 0 aliphatic heterocycles. The van der Waals surface area contributed by atoms with Crippen molar-refractivity contribution in [2.24, 2.45) is 0 Å². The van der Waals surface area contributed by atoms with Crippen molar-refractivity contribution in [3.63, 3.8) is 0 Å². The molecule has 0 amide bonds. The standard InChI is InChI=1S/C20H20N6O/c1-13-22-17-9-8-15(27-2)12-16(17)20(23-13)21-11-10-18-24-19(26-25-18)14-6-4-3-5-7-14/h3-9,12H,10-11H2,1-2H3,(H,21,22,23)(H,24,25,26). The number of nitrogens with zero attached hydrogens (tertiary/aromatic N) is 4. The van der Waals surface area contributed by atoms with E-state index in [0.29, 0.717) is 18.8 Å². The Bertz CT molecular complexity index is 1060. The summed E-state index contributed by atoms with van der Waals surface area (Å²) in [5.74, 6) is 3.83. The van der Waals surface area contributed by atoms with Gasteiger partial charge >= 0.3 is 0 Å². The van der Waals surface area contributed by atoms with Crippen LogP contribution < -0.4 is 10.1 Å². The molecule has 0 fully saturated rings. The average molecular weight is 360 g/mol. The number of benzene rings is 2. The third-order valence-corrected chi connectivity index (χ3v) is 4.23. The summed E-state index contributed by atoms with van der Waals surface area (Å²) in [5, 5.41) is 11.6. The lowest BCUT2D eigenvalue weighted by Gasteiger charge is -2.10. The molecule has 27 heavy (non-hydrogen) atoms. The molecule has 0 saturated carbocycles. The average Bonchev–Trinajstić information content (AvgIpc) is 3.17.